The van der Waals surface area contributed by atoms with Gasteiger partial charge in [-0.1, -0.05) is 18.2 Å². The SMILES string of the molecule is C[C@H](C(=O)Nc1ccc2c(c1)OCO2)N1CCc2ccccc21. The second kappa shape index (κ2) is 5.50. The lowest BCUT2D eigenvalue weighted by molar-refractivity contribution is -0.117. The van der Waals surface area contributed by atoms with Crippen molar-refractivity contribution in [3.63, 3.8) is 0 Å². The highest BCUT2D eigenvalue weighted by atomic mass is 16.7. The Kier molecular flexibility index (Phi) is 3.33. The predicted molar refractivity (Wildman–Crippen MR) is 88.1 cm³/mol. The number of benzene rings is 2. The van der Waals surface area contributed by atoms with Gasteiger partial charge in [-0.15, -0.1) is 0 Å². The summed E-state index contributed by atoms with van der Waals surface area (Å²) in [4.78, 5) is 14.7. The Labute approximate surface area is 134 Å². The van der Waals surface area contributed by atoms with Crippen LogP contribution in [-0.4, -0.2) is 25.3 Å². The topological polar surface area (TPSA) is 50.8 Å². The molecule has 0 aliphatic carbocycles. The van der Waals surface area contributed by atoms with Gasteiger partial charge in [0.15, 0.2) is 11.5 Å². The van der Waals surface area contributed by atoms with Crippen molar-refractivity contribution < 1.29 is 14.3 Å². The van der Waals surface area contributed by atoms with Crippen LogP contribution in [0.25, 0.3) is 0 Å². The third-order valence-electron chi connectivity index (χ3n) is 4.41. The van der Waals surface area contributed by atoms with Crippen LogP contribution in [0.2, 0.25) is 0 Å². The molecule has 0 saturated carbocycles. The maximum Gasteiger partial charge on any atom is 0.246 e. The Hall–Kier alpha value is -2.69. The Morgan fingerprint density at radius 1 is 1.17 bits per heavy atom. The number of rotatable bonds is 3. The molecule has 2 aromatic rings. The molecule has 2 aliphatic rings. The number of hydrogen-bond donors (Lipinski definition) is 1. The number of para-hydroxylation sites is 1. The van der Waals surface area contributed by atoms with E-state index >= 15 is 0 Å². The van der Waals surface area contributed by atoms with Crippen LogP contribution in [0.3, 0.4) is 0 Å². The molecule has 5 heteroatoms. The molecule has 1 amide bonds. The molecule has 5 nitrogen and oxygen atoms in total. The van der Waals surface area contributed by atoms with E-state index in [-0.39, 0.29) is 18.7 Å². The van der Waals surface area contributed by atoms with Crippen molar-refractivity contribution in [2.24, 2.45) is 0 Å². The van der Waals surface area contributed by atoms with E-state index in [1.807, 2.05) is 31.2 Å². The van der Waals surface area contributed by atoms with Crippen LogP contribution < -0.4 is 19.7 Å². The minimum Gasteiger partial charge on any atom is -0.454 e. The van der Waals surface area contributed by atoms with Crippen molar-refractivity contribution in [3.8, 4) is 11.5 Å². The lowest BCUT2D eigenvalue weighted by atomic mass is 10.1. The molecule has 0 bridgehead atoms. The Bertz CT molecular complexity index is 760. The largest absolute Gasteiger partial charge is 0.454 e. The highest BCUT2D eigenvalue weighted by Gasteiger charge is 2.27. The van der Waals surface area contributed by atoms with Crippen molar-refractivity contribution in [1.82, 2.24) is 0 Å². The summed E-state index contributed by atoms with van der Waals surface area (Å²) in [6, 6.07) is 13.5. The van der Waals surface area contributed by atoms with Gasteiger partial charge in [-0.2, -0.15) is 0 Å². The molecule has 0 saturated heterocycles. The van der Waals surface area contributed by atoms with Gasteiger partial charge in [0.25, 0.3) is 0 Å². The summed E-state index contributed by atoms with van der Waals surface area (Å²) in [7, 11) is 0. The van der Waals surface area contributed by atoms with Crippen molar-refractivity contribution in [3.05, 3.63) is 48.0 Å². The first kappa shape index (κ1) is 13.9. The molecule has 0 unspecified atom stereocenters. The predicted octanol–water partition coefficient (Wildman–Crippen LogP) is 2.81. The maximum absolute atomic E-state index is 12.6. The fourth-order valence-corrected chi connectivity index (χ4v) is 3.13. The van der Waals surface area contributed by atoms with Crippen molar-refractivity contribution >= 4 is 17.3 Å². The first-order valence-corrected chi connectivity index (χ1v) is 7.77. The molecule has 0 spiro atoms. The average molecular weight is 310 g/mol. The van der Waals surface area contributed by atoms with Crippen LogP contribution in [-0.2, 0) is 11.2 Å². The minimum atomic E-state index is -0.232. The molecule has 4 rings (SSSR count). The molecule has 0 radical (unpaired) electrons. The second-order valence-corrected chi connectivity index (χ2v) is 5.81. The Morgan fingerprint density at radius 2 is 2.00 bits per heavy atom. The third kappa shape index (κ3) is 2.48. The first-order valence-electron chi connectivity index (χ1n) is 7.77. The zero-order valence-corrected chi connectivity index (χ0v) is 12.9. The number of ether oxygens (including phenoxy) is 2. The summed E-state index contributed by atoms with van der Waals surface area (Å²) in [5.41, 5.74) is 3.18. The van der Waals surface area contributed by atoms with Gasteiger partial charge in [0.05, 0.1) is 0 Å². The van der Waals surface area contributed by atoms with E-state index in [0.717, 1.165) is 24.3 Å². The van der Waals surface area contributed by atoms with Gasteiger partial charge in [-0.05, 0) is 37.1 Å². The number of nitrogens with one attached hydrogen (secondary N) is 1. The van der Waals surface area contributed by atoms with E-state index < -0.39 is 0 Å². The van der Waals surface area contributed by atoms with E-state index in [1.54, 1.807) is 6.07 Å². The highest BCUT2D eigenvalue weighted by Crippen LogP contribution is 2.34. The smallest absolute Gasteiger partial charge is 0.246 e. The van der Waals surface area contributed by atoms with E-state index in [4.69, 9.17) is 9.47 Å². The normalized spacial score (nSPS) is 16.1. The fourth-order valence-electron chi connectivity index (χ4n) is 3.13. The number of amides is 1. The van der Waals surface area contributed by atoms with Crippen LogP contribution in [0.1, 0.15) is 12.5 Å². The molecule has 23 heavy (non-hydrogen) atoms. The van der Waals surface area contributed by atoms with Gasteiger partial charge in [0.1, 0.15) is 6.04 Å². The van der Waals surface area contributed by atoms with Crippen molar-refractivity contribution in [2.75, 3.05) is 23.6 Å². The molecule has 2 aromatic carbocycles. The van der Waals surface area contributed by atoms with Crippen LogP contribution in [0, 0.1) is 0 Å². The van der Waals surface area contributed by atoms with Gasteiger partial charge in [0.2, 0.25) is 12.7 Å². The number of hydrogen-bond acceptors (Lipinski definition) is 4. The number of carbonyl (C=O) groups is 1. The van der Waals surface area contributed by atoms with Crippen LogP contribution in [0.4, 0.5) is 11.4 Å². The van der Waals surface area contributed by atoms with Crippen molar-refractivity contribution in [1.29, 1.82) is 0 Å². The molecule has 2 heterocycles. The van der Waals surface area contributed by atoms with Gasteiger partial charge in [-0.3, -0.25) is 4.79 Å². The number of carbonyl (C=O) groups excluding carboxylic acids is 1. The molecule has 0 fully saturated rings. The number of nitrogens with zero attached hydrogens (tertiary/aromatic N) is 1. The van der Waals surface area contributed by atoms with Gasteiger partial charge >= 0.3 is 0 Å². The van der Waals surface area contributed by atoms with E-state index in [9.17, 15) is 4.79 Å². The van der Waals surface area contributed by atoms with Crippen LogP contribution >= 0.6 is 0 Å². The summed E-state index contributed by atoms with van der Waals surface area (Å²) in [6.45, 7) is 3.03. The third-order valence-corrected chi connectivity index (χ3v) is 4.41. The molecule has 1 atom stereocenters. The molecule has 2 aliphatic heterocycles. The molecule has 118 valence electrons. The van der Waals surface area contributed by atoms with E-state index in [2.05, 4.69) is 22.3 Å². The summed E-state index contributed by atoms with van der Waals surface area (Å²) in [5.74, 6) is 1.35. The number of anilines is 2. The Morgan fingerprint density at radius 3 is 2.91 bits per heavy atom. The van der Waals surface area contributed by atoms with Gasteiger partial charge in [0, 0.05) is 24.0 Å². The lowest BCUT2D eigenvalue weighted by Gasteiger charge is -2.26. The lowest BCUT2D eigenvalue weighted by Crippen LogP contribution is -2.41. The second-order valence-electron chi connectivity index (χ2n) is 5.81. The summed E-state index contributed by atoms with van der Waals surface area (Å²) in [6.07, 6.45) is 0.984. The zero-order chi connectivity index (χ0) is 15.8. The van der Waals surface area contributed by atoms with Gasteiger partial charge < -0.3 is 19.7 Å². The molecular weight excluding hydrogens is 292 g/mol. The molecule has 1 N–H and O–H groups in total. The van der Waals surface area contributed by atoms with E-state index in [0.29, 0.717) is 11.5 Å². The van der Waals surface area contributed by atoms with Gasteiger partial charge in [-0.25, -0.2) is 0 Å². The Balaban J connectivity index is 1.49. The van der Waals surface area contributed by atoms with Crippen molar-refractivity contribution in [2.45, 2.75) is 19.4 Å². The van der Waals surface area contributed by atoms with Crippen LogP contribution in [0.5, 0.6) is 11.5 Å². The fraction of sp³-hybridized carbons (Fsp3) is 0.278. The van der Waals surface area contributed by atoms with Crippen LogP contribution in [0.15, 0.2) is 42.5 Å². The zero-order valence-electron chi connectivity index (χ0n) is 12.9. The maximum atomic E-state index is 12.6. The molecule has 0 aromatic heterocycles. The quantitative estimate of drug-likeness (QED) is 0.947. The first-order chi connectivity index (χ1) is 11.2. The summed E-state index contributed by atoms with van der Waals surface area (Å²) < 4.78 is 10.6. The average Bonchev–Trinajstić information content (AvgIpc) is 3.20. The highest BCUT2D eigenvalue weighted by molar-refractivity contribution is 5.97. The monoisotopic (exact) mass is 310 g/mol. The minimum absolute atomic E-state index is 0.0273. The standard InChI is InChI=1S/C18H18N2O3/c1-12(20-9-8-13-4-2-3-5-15(13)20)18(21)19-14-6-7-16-17(10-14)23-11-22-16/h2-7,10,12H,8-9,11H2,1H3,(H,19,21)/t12-/m1/s1. The summed E-state index contributed by atoms with van der Waals surface area (Å²) >= 11 is 0. The number of fused-ring (bicyclic) bond motifs is 2. The molecular formula is C18H18N2O3. The van der Waals surface area contributed by atoms with E-state index in [1.165, 1.54) is 5.56 Å². The summed E-state index contributed by atoms with van der Waals surface area (Å²) in [5, 5.41) is 2.96.